The number of benzene rings is 7. The molecule has 0 aliphatic heterocycles. The van der Waals surface area contributed by atoms with Crippen molar-refractivity contribution in [1.29, 1.82) is 0 Å². The van der Waals surface area contributed by atoms with E-state index in [1.165, 1.54) is 21.9 Å². The molecule has 10 rings (SSSR count). The van der Waals surface area contributed by atoms with E-state index in [9.17, 15) is 0 Å². The zero-order chi connectivity index (χ0) is 33.7. The van der Waals surface area contributed by atoms with Crippen molar-refractivity contribution in [1.82, 2.24) is 19.5 Å². The maximum Gasteiger partial charge on any atom is 0.163 e. The van der Waals surface area contributed by atoms with Gasteiger partial charge >= 0.3 is 0 Å². The van der Waals surface area contributed by atoms with Gasteiger partial charge in [0.1, 0.15) is 11.4 Å². The third-order valence-electron chi connectivity index (χ3n) is 9.70. The fourth-order valence-electron chi connectivity index (χ4n) is 7.42. The van der Waals surface area contributed by atoms with Crippen LogP contribution in [0.4, 0.5) is 0 Å². The summed E-state index contributed by atoms with van der Waals surface area (Å²) in [5.41, 5.74) is 10.3. The van der Waals surface area contributed by atoms with Crippen molar-refractivity contribution in [2.24, 2.45) is 0 Å². The van der Waals surface area contributed by atoms with Gasteiger partial charge in [-0.2, -0.15) is 0 Å². The molecule has 0 fully saturated rings. The van der Waals surface area contributed by atoms with E-state index < -0.39 is 0 Å². The zero-order valence-corrected chi connectivity index (χ0v) is 27.6. The highest BCUT2D eigenvalue weighted by Crippen LogP contribution is 2.41. The maximum absolute atomic E-state index is 6.96. The minimum Gasteiger partial charge on any atom is -0.454 e. The number of para-hydroxylation sites is 3. The highest BCUT2D eigenvalue weighted by Gasteiger charge is 2.21. The second-order valence-corrected chi connectivity index (χ2v) is 12.8. The molecule has 51 heavy (non-hydrogen) atoms. The summed E-state index contributed by atoms with van der Waals surface area (Å²) >= 11 is 0. The lowest BCUT2D eigenvalue weighted by atomic mass is 9.99. The molecule has 0 amide bonds. The summed E-state index contributed by atoms with van der Waals surface area (Å²) in [6.07, 6.45) is 0.491. The third kappa shape index (κ3) is 4.90. The van der Waals surface area contributed by atoms with Crippen LogP contribution in [0.1, 0.15) is 11.4 Å². The number of rotatable bonds is 6. The fraction of sp³-hybridized carbons (Fsp3) is 0.0217. The lowest BCUT2D eigenvalue weighted by molar-refractivity contribution is 0.660. The fourth-order valence-corrected chi connectivity index (χ4v) is 7.42. The number of aromatic nitrogens is 4. The van der Waals surface area contributed by atoms with Crippen LogP contribution >= 0.6 is 0 Å². The van der Waals surface area contributed by atoms with Crippen LogP contribution in [-0.4, -0.2) is 19.5 Å². The molecule has 10 aromatic rings. The van der Waals surface area contributed by atoms with Crippen LogP contribution in [-0.2, 0) is 6.42 Å². The second-order valence-electron chi connectivity index (χ2n) is 12.8. The monoisotopic (exact) mass is 654 g/mol. The Hall–Kier alpha value is -6.85. The Bertz CT molecular complexity index is 2820. The standard InChI is InChI=1S/C46H30N4O/c1-4-15-30(16-5-1)34-23-13-27-39-42(34)37-22-10-11-26-38(37)50(39)40-28-14-25-36-35-24-12-21-33(43(35)51-44(36)40)29-41-47-45(31-17-6-2-7-18-31)49-46(48-41)32-19-8-3-9-20-32/h1-28H,29H2. The normalized spacial score (nSPS) is 11.6. The van der Waals surface area contributed by atoms with Gasteiger partial charge in [0, 0.05) is 44.7 Å². The van der Waals surface area contributed by atoms with Crippen molar-refractivity contribution in [3.8, 4) is 39.6 Å². The number of furan rings is 1. The van der Waals surface area contributed by atoms with Crippen LogP contribution in [0.15, 0.2) is 174 Å². The molecule has 0 spiro atoms. The van der Waals surface area contributed by atoms with E-state index in [-0.39, 0.29) is 0 Å². The minimum atomic E-state index is 0.491. The number of nitrogens with zero attached hydrogens (tertiary/aromatic N) is 4. The summed E-state index contributed by atoms with van der Waals surface area (Å²) in [6, 6.07) is 58.8. The van der Waals surface area contributed by atoms with Crippen molar-refractivity contribution >= 4 is 43.7 Å². The van der Waals surface area contributed by atoms with Crippen molar-refractivity contribution in [2.75, 3.05) is 0 Å². The lowest BCUT2D eigenvalue weighted by Gasteiger charge is -2.09. The van der Waals surface area contributed by atoms with E-state index in [0.29, 0.717) is 23.9 Å². The average molecular weight is 655 g/mol. The Balaban J connectivity index is 1.16. The topological polar surface area (TPSA) is 56.7 Å². The Kier molecular flexibility index (Phi) is 6.81. The van der Waals surface area contributed by atoms with Gasteiger partial charge in [0.25, 0.3) is 0 Å². The second kappa shape index (κ2) is 11.9. The molecule has 3 heterocycles. The summed E-state index contributed by atoms with van der Waals surface area (Å²) in [6.45, 7) is 0. The molecular weight excluding hydrogens is 625 g/mol. The largest absolute Gasteiger partial charge is 0.454 e. The number of fused-ring (bicyclic) bond motifs is 6. The van der Waals surface area contributed by atoms with Gasteiger partial charge in [0.2, 0.25) is 0 Å². The molecule has 0 radical (unpaired) electrons. The third-order valence-corrected chi connectivity index (χ3v) is 9.70. The van der Waals surface area contributed by atoms with Gasteiger partial charge in [-0.25, -0.2) is 15.0 Å². The van der Waals surface area contributed by atoms with Crippen molar-refractivity contribution in [2.45, 2.75) is 6.42 Å². The summed E-state index contributed by atoms with van der Waals surface area (Å²) in [4.78, 5) is 14.8. The first-order valence-electron chi connectivity index (χ1n) is 17.2. The molecule has 0 saturated heterocycles. The van der Waals surface area contributed by atoms with Crippen LogP contribution < -0.4 is 0 Å². The van der Waals surface area contributed by atoms with Gasteiger partial charge < -0.3 is 8.98 Å². The van der Waals surface area contributed by atoms with E-state index in [1.54, 1.807) is 0 Å². The molecule has 0 bridgehead atoms. The molecule has 0 atom stereocenters. The molecular formula is C46H30N4O. The quantitative estimate of drug-likeness (QED) is 0.179. The van der Waals surface area contributed by atoms with Crippen LogP contribution in [0.2, 0.25) is 0 Å². The van der Waals surface area contributed by atoms with Crippen LogP contribution in [0.5, 0.6) is 0 Å². The molecule has 0 unspecified atom stereocenters. The molecule has 240 valence electrons. The molecule has 0 aliphatic carbocycles. The van der Waals surface area contributed by atoms with Gasteiger partial charge in [-0.15, -0.1) is 0 Å². The van der Waals surface area contributed by atoms with E-state index in [1.807, 2.05) is 60.7 Å². The van der Waals surface area contributed by atoms with E-state index >= 15 is 0 Å². The van der Waals surface area contributed by atoms with Crippen molar-refractivity contribution in [3.63, 3.8) is 0 Å². The first kappa shape index (κ1) is 29.1. The molecule has 5 heteroatoms. The first-order valence-corrected chi connectivity index (χ1v) is 17.2. The zero-order valence-electron chi connectivity index (χ0n) is 27.6. The van der Waals surface area contributed by atoms with E-state index in [2.05, 4.69) is 114 Å². The van der Waals surface area contributed by atoms with Gasteiger partial charge in [0.15, 0.2) is 17.2 Å². The number of hydrogen-bond acceptors (Lipinski definition) is 4. The molecule has 0 N–H and O–H groups in total. The summed E-state index contributed by atoms with van der Waals surface area (Å²) < 4.78 is 9.31. The smallest absolute Gasteiger partial charge is 0.163 e. The minimum absolute atomic E-state index is 0.491. The molecule has 7 aromatic carbocycles. The molecule has 0 saturated carbocycles. The van der Waals surface area contributed by atoms with E-state index in [4.69, 9.17) is 19.4 Å². The predicted octanol–water partition coefficient (Wildman–Crippen LogP) is 11.5. The maximum atomic E-state index is 6.96. The van der Waals surface area contributed by atoms with Crippen LogP contribution in [0.25, 0.3) is 83.3 Å². The van der Waals surface area contributed by atoms with Crippen LogP contribution in [0, 0.1) is 0 Å². The summed E-state index contributed by atoms with van der Waals surface area (Å²) in [5, 5.41) is 4.57. The Morgan fingerprint density at radius 3 is 1.69 bits per heavy atom. The van der Waals surface area contributed by atoms with Gasteiger partial charge in [-0.3, -0.25) is 0 Å². The van der Waals surface area contributed by atoms with Gasteiger partial charge in [0.05, 0.1) is 16.7 Å². The Morgan fingerprint density at radius 2 is 0.980 bits per heavy atom. The summed E-state index contributed by atoms with van der Waals surface area (Å²) in [5.74, 6) is 1.99. The van der Waals surface area contributed by atoms with Crippen molar-refractivity contribution in [3.05, 3.63) is 181 Å². The van der Waals surface area contributed by atoms with Gasteiger partial charge in [-0.05, 0) is 29.3 Å². The number of hydrogen-bond donors (Lipinski definition) is 0. The van der Waals surface area contributed by atoms with Crippen molar-refractivity contribution < 1.29 is 4.42 Å². The highest BCUT2D eigenvalue weighted by molar-refractivity contribution is 6.17. The van der Waals surface area contributed by atoms with Gasteiger partial charge in [-0.1, -0.05) is 152 Å². The Labute approximate surface area is 294 Å². The SMILES string of the molecule is c1ccc(-c2nc(Cc3cccc4c3oc3c(-n5c6ccccc6c6c(-c7ccccc7)cccc65)cccc34)nc(-c3ccccc3)n2)cc1. The summed E-state index contributed by atoms with van der Waals surface area (Å²) in [7, 11) is 0. The van der Waals surface area contributed by atoms with E-state index in [0.717, 1.165) is 55.3 Å². The lowest BCUT2D eigenvalue weighted by Crippen LogP contribution is -2.04. The first-order chi connectivity index (χ1) is 25.3. The Morgan fingerprint density at radius 1 is 0.431 bits per heavy atom. The predicted molar refractivity (Wildman–Crippen MR) is 207 cm³/mol. The highest BCUT2D eigenvalue weighted by atomic mass is 16.3. The molecule has 0 aliphatic rings. The van der Waals surface area contributed by atoms with Crippen LogP contribution in [0.3, 0.4) is 0 Å². The molecule has 3 aromatic heterocycles. The molecule has 5 nitrogen and oxygen atoms in total. The average Bonchev–Trinajstić information content (AvgIpc) is 3.76.